The van der Waals surface area contributed by atoms with Crippen molar-refractivity contribution in [3.8, 4) is 5.75 Å². The summed E-state index contributed by atoms with van der Waals surface area (Å²) in [6.07, 6.45) is 0.556. The number of nitrogens with zero attached hydrogens (tertiary/aromatic N) is 1. The summed E-state index contributed by atoms with van der Waals surface area (Å²) >= 11 is 1.65. The molecule has 2 aliphatic heterocycles. The Kier molecular flexibility index (Phi) is 4.21. The highest BCUT2D eigenvalue weighted by atomic mass is 32.2. The zero-order chi connectivity index (χ0) is 16.5. The molecule has 0 saturated carbocycles. The van der Waals surface area contributed by atoms with Crippen LogP contribution in [0.2, 0.25) is 0 Å². The maximum absolute atomic E-state index is 12.9. The smallest absolute Gasteiger partial charge is 0.238 e. The number of benzene rings is 2. The molecule has 4 nitrogen and oxygen atoms in total. The van der Waals surface area contributed by atoms with E-state index in [2.05, 4.69) is 12.1 Å². The lowest BCUT2D eigenvalue weighted by Crippen LogP contribution is -2.32. The second-order valence-electron chi connectivity index (χ2n) is 6.01. The van der Waals surface area contributed by atoms with E-state index in [1.165, 1.54) is 0 Å². The van der Waals surface area contributed by atoms with E-state index in [0.717, 1.165) is 22.6 Å². The topological polar surface area (TPSA) is 38.8 Å². The van der Waals surface area contributed by atoms with Gasteiger partial charge in [0.2, 0.25) is 5.91 Å². The third-order valence-electron chi connectivity index (χ3n) is 4.53. The molecule has 1 amide bonds. The molecule has 0 spiro atoms. The fourth-order valence-corrected chi connectivity index (χ4v) is 4.52. The largest absolute Gasteiger partial charge is 0.497 e. The molecule has 2 aromatic rings. The number of rotatable bonds is 4. The van der Waals surface area contributed by atoms with Crippen molar-refractivity contribution in [3.05, 3.63) is 60.2 Å². The van der Waals surface area contributed by atoms with Crippen molar-refractivity contribution in [2.45, 2.75) is 28.8 Å². The van der Waals surface area contributed by atoms with Crippen molar-refractivity contribution < 1.29 is 14.3 Å². The average molecular weight is 341 g/mol. The number of carbonyl (C=O) groups excluding carboxylic acids is 1. The summed E-state index contributed by atoms with van der Waals surface area (Å²) in [5, 5.41) is -0.0259. The van der Waals surface area contributed by atoms with E-state index in [0.29, 0.717) is 6.61 Å². The van der Waals surface area contributed by atoms with Crippen LogP contribution in [-0.2, 0) is 9.53 Å². The predicted octanol–water partition coefficient (Wildman–Crippen LogP) is 3.49. The van der Waals surface area contributed by atoms with E-state index in [4.69, 9.17) is 9.47 Å². The molecule has 2 aliphatic rings. The van der Waals surface area contributed by atoms with Gasteiger partial charge in [-0.25, -0.2) is 0 Å². The van der Waals surface area contributed by atoms with Crippen molar-refractivity contribution in [1.29, 1.82) is 0 Å². The number of ether oxygens (including phenoxy) is 2. The molecule has 2 saturated heterocycles. The summed E-state index contributed by atoms with van der Waals surface area (Å²) in [6, 6.07) is 18.0. The summed E-state index contributed by atoms with van der Waals surface area (Å²) in [7, 11) is 1.65. The highest BCUT2D eigenvalue weighted by Crippen LogP contribution is 2.42. The summed E-state index contributed by atoms with van der Waals surface area (Å²) in [4.78, 5) is 16.0. The molecule has 0 radical (unpaired) electrons. The Morgan fingerprint density at radius 2 is 1.88 bits per heavy atom. The lowest BCUT2D eigenvalue weighted by molar-refractivity contribution is -0.133. The molecular formula is C19H19NO3S. The summed E-state index contributed by atoms with van der Waals surface area (Å²) in [5.41, 5.74) is 0.997. The normalized spacial score (nSPS) is 25.8. The first-order valence-corrected chi connectivity index (χ1v) is 8.93. The maximum Gasteiger partial charge on any atom is 0.238 e. The van der Waals surface area contributed by atoms with Crippen LogP contribution >= 0.6 is 11.8 Å². The number of hydrogen-bond donors (Lipinski definition) is 0. The van der Waals surface area contributed by atoms with Crippen LogP contribution in [0.25, 0.3) is 0 Å². The molecule has 0 N–H and O–H groups in total. The van der Waals surface area contributed by atoms with E-state index in [-0.39, 0.29) is 23.4 Å². The zero-order valence-electron chi connectivity index (χ0n) is 13.4. The molecule has 2 heterocycles. The Bertz CT molecular complexity index is 719. The fraction of sp³-hybridized carbons (Fsp3) is 0.316. The van der Waals surface area contributed by atoms with Crippen molar-refractivity contribution >= 4 is 17.7 Å². The van der Waals surface area contributed by atoms with Gasteiger partial charge >= 0.3 is 0 Å². The first-order valence-electron chi connectivity index (χ1n) is 8.05. The first kappa shape index (κ1) is 15.5. The van der Waals surface area contributed by atoms with Crippen LogP contribution in [-0.4, -0.2) is 35.8 Å². The average Bonchev–Trinajstić information content (AvgIpc) is 3.17. The fourth-order valence-electron chi connectivity index (χ4n) is 3.33. The van der Waals surface area contributed by atoms with Crippen LogP contribution in [0.4, 0.5) is 0 Å². The highest BCUT2D eigenvalue weighted by Gasteiger charge is 2.48. The minimum absolute atomic E-state index is 0.0259. The van der Waals surface area contributed by atoms with Gasteiger partial charge in [0.15, 0.2) is 6.23 Å². The number of fused-ring (bicyclic) bond motifs is 1. The SMILES string of the molecule is COc1ccc([C@H]2OC[C@@H]3C[C@H](Sc4ccccc4)C(=O)N32)cc1. The Morgan fingerprint density at radius 3 is 2.58 bits per heavy atom. The van der Waals surface area contributed by atoms with Crippen LogP contribution in [0, 0.1) is 0 Å². The molecule has 0 aromatic heterocycles. The molecule has 124 valence electrons. The van der Waals surface area contributed by atoms with Crippen LogP contribution in [0.15, 0.2) is 59.5 Å². The lowest BCUT2D eigenvalue weighted by atomic mass is 10.2. The van der Waals surface area contributed by atoms with Gasteiger partial charge < -0.3 is 14.4 Å². The van der Waals surface area contributed by atoms with Crippen LogP contribution in [0.3, 0.4) is 0 Å². The summed E-state index contributed by atoms with van der Waals surface area (Å²) in [6.45, 7) is 0.605. The van der Waals surface area contributed by atoms with Gasteiger partial charge in [-0.3, -0.25) is 4.79 Å². The van der Waals surface area contributed by atoms with Gasteiger partial charge in [0.1, 0.15) is 5.75 Å². The van der Waals surface area contributed by atoms with Gasteiger partial charge in [-0.2, -0.15) is 0 Å². The number of carbonyl (C=O) groups is 1. The number of methoxy groups -OCH3 is 1. The minimum Gasteiger partial charge on any atom is -0.497 e. The Morgan fingerprint density at radius 1 is 1.12 bits per heavy atom. The highest BCUT2D eigenvalue weighted by molar-refractivity contribution is 8.00. The maximum atomic E-state index is 12.9. The van der Waals surface area contributed by atoms with Crippen molar-refractivity contribution in [2.24, 2.45) is 0 Å². The molecule has 0 bridgehead atoms. The molecule has 2 aromatic carbocycles. The zero-order valence-corrected chi connectivity index (χ0v) is 14.2. The molecule has 3 atom stereocenters. The molecule has 0 aliphatic carbocycles. The molecule has 2 fully saturated rings. The van der Waals surface area contributed by atoms with E-state index in [1.807, 2.05) is 47.4 Å². The van der Waals surface area contributed by atoms with E-state index < -0.39 is 0 Å². The molecular weight excluding hydrogens is 322 g/mol. The Balaban J connectivity index is 1.51. The Labute approximate surface area is 145 Å². The second-order valence-corrected chi connectivity index (χ2v) is 7.29. The quantitative estimate of drug-likeness (QED) is 0.853. The third-order valence-corrected chi connectivity index (χ3v) is 5.75. The number of hydrogen-bond acceptors (Lipinski definition) is 4. The van der Waals surface area contributed by atoms with Gasteiger partial charge in [-0.05, 0) is 30.7 Å². The molecule has 5 heteroatoms. The van der Waals surface area contributed by atoms with Gasteiger partial charge in [0, 0.05) is 10.5 Å². The monoisotopic (exact) mass is 341 g/mol. The van der Waals surface area contributed by atoms with E-state index in [9.17, 15) is 4.79 Å². The van der Waals surface area contributed by atoms with Crippen LogP contribution in [0.5, 0.6) is 5.75 Å². The number of amides is 1. The molecule has 4 rings (SSSR count). The van der Waals surface area contributed by atoms with E-state index in [1.54, 1.807) is 18.9 Å². The van der Waals surface area contributed by atoms with Crippen molar-refractivity contribution in [1.82, 2.24) is 4.90 Å². The predicted molar refractivity (Wildman–Crippen MR) is 93.0 cm³/mol. The summed E-state index contributed by atoms with van der Waals surface area (Å²) in [5.74, 6) is 0.978. The van der Waals surface area contributed by atoms with Gasteiger partial charge in [0.05, 0.1) is 25.0 Å². The second kappa shape index (κ2) is 6.49. The van der Waals surface area contributed by atoms with Crippen LogP contribution < -0.4 is 4.74 Å². The molecule has 0 unspecified atom stereocenters. The third kappa shape index (κ3) is 2.78. The van der Waals surface area contributed by atoms with Crippen molar-refractivity contribution in [3.63, 3.8) is 0 Å². The first-order chi connectivity index (χ1) is 11.8. The van der Waals surface area contributed by atoms with Crippen LogP contribution in [0.1, 0.15) is 18.2 Å². The van der Waals surface area contributed by atoms with Gasteiger partial charge in [-0.1, -0.05) is 30.3 Å². The molecule has 24 heavy (non-hydrogen) atoms. The standard InChI is InChI=1S/C19H19NO3S/c1-22-15-9-7-13(8-10-15)19-20-14(12-23-19)11-17(18(20)21)24-16-5-3-2-4-6-16/h2-10,14,17,19H,11-12H2,1H3/t14-,17-,19+/m0/s1. The van der Waals surface area contributed by atoms with E-state index >= 15 is 0 Å². The Hall–Kier alpha value is -1.98. The van der Waals surface area contributed by atoms with Gasteiger partial charge in [-0.15, -0.1) is 11.8 Å². The van der Waals surface area contributed by atoms with Gasteiger partial charge in [0.25, 0.3) is 0 Å². The summed E-state index contributed by atoms with van der Waals surface area (Å²) < 4.78 is 11.1. The van der Waals surface area contributed by atoms with Crippen molar-refractivity contribution in [2.75, 3.05) is 13.7 Å². The minimum atomic E-state index is -0.283. The number of thioether (sulfide) groups is 1. The lowest BCUT2D eigenvalue weighted by Gasteiger charge is -2.23.